The molecule has 166 valence electrons. The van der Waals surface area contributed by atoms with Crippen molar-refractivity contribution in [2.24, 2.45) is 0 Å². The summed E-state index contributed by atoms with van der Waals surface area (Å²) in [5.41, 5.74) is 5.42. The number of ether oxygens (including phenoxy) is 1. The van der Waals surface area contributed by atoms with E-state index in [9.17, 15) is 9.59 Å². The largest absolute Gasteiger partial charge is 0.481 e. The van der Waals surface area contributed by atoms with Gasteiger partial charge < -0.3 is 9.84 Å². The lowest BCUT2D eigenvalue weighted by molar-refractivity contribution is -0.136. The molecule has 0 bridgehead atoms. The zero-order valence-electron chi connectivity index (χ0n) is 17.9. The van der Waals surface area contributed by atoms with Gasteiger partial charge in [-0.15, -0.1) is 0 Å². The quantitative estimate of drug-likeness (QED) is 0.334. The highest BCUT2D eigenvalue weighted by atomic mass is 32.1. The highest BCUT2D eigenvalue weighted by Gasteiger charge is 2.16. The van der Waals surface area contributed by atoms with Gasteiger partial charge in [-0.05, 0) is 46.3 Å². The predicted molar refractivity (Wildman–Crippen MR) is 129 cm³/mol. The Hall–Kier alpha value is -3.97. The first-order valence-electron chi connectivity index (χ1n) is 10.4. The van der Waals surface area contributed by atoms with Crippen molar-refractivity contribution < 1.29 is 19.4 Å². The van der Waals surface area contributed by atoms with E-state index < -0.39 is 12.1 Å². The third-order valence-electron chi connectivity index (χ3n) is 5.18. The van der Waals surface area contributed by atoms with Crippen LogP contribution in [0.5, 0.6) is 0 Å². The molecule has 0 fully saturated rings. The molecule has 4 aromatic rings. The number of anilines is 1. The van der Waals surface area contributed by atoms with Crippen molar-refractivity contribution in [3.05, 3.63) is 96.2 Å². The van der Waals surface area contributed by atoms with E-state index in [0.717, 1.165) is 33.4 Å². The lowest BCUT2D eigenvalue weighted by atomic mass is 10.00. The van der Waals surface area contributed by atoms with E-state index in [2.05, 4.69) is 9.69 Å². The number of nitrogens with one attached hydrogen (secondary N) is 1. The smallest absolute Gasteiger partial charge is 0.412 e. The van der Waals surface area contributed by atoms with E-state index in [0.29, 0.717) is 5.00 Å². The second-order valence-electron chi connectivity index (χ2n) is 7.50. The van der Waals surface area contributed by atoms with Crippen molar-refractivity contribution in [1.82, 2.24) is 4.37 Å². The summed E-state index contributed by atoms with van der Waals surface area (Å²) in [6.07, 6.45) is 0.822. The van der Waals surface area contributed by atoms with E-state index in [4.69, 9.17) is 9.84 Å². The van der Waals surface area contributed by atoms with Gasteiger partial charge >= 0.3 is 12.1 Å². The molecule has 1 atom stereocenters. The van der Waals surface area contributed by atoms with Crippen LogP contribution >= 0.6 is 11.5 Å². The summed E-state index contributed by atoms with van der Waals surface area (Å²) in [6.45, 7) is 1.83. The molecule has 1 unspecified atom stereocenters. The maximum Gasteiger partial charge on any atom is 0.412 e. The number of amides is 1. The first-order valence-corrected chi connectivity index (χ1v) is 11.2. The minimum Gasteiger partial charge on any atom is -0.481 e. The van der Waals surface area contributed by atoms with Crippen LogP contribution in [0.15, 0.2) is 85.1 Å². The van der Waals surface area contributed by atoms with E-state index in [1.165, 1.54) is 11.5 Å². The number of aliphatic carboxylic acids is 1. The number of hydrogen-bond acceptors (Lipinski definition) is 5. The van der Waals surface area contributed by atoms with Gasteiger partial charge in [-0.3, -0.25) is 10.1 Å². The summed E-state index contributed by atoms with van der Waals surface area (Å²) in [7, 11) is 0. The topological polar surface area (TPSA) is 88.5 Å². The number of rotatable bonds is 7. The Morgan fingerprint density at radius 3 is 2.18 bits per heavy atom. The Morgan fingerprint density at radius 1 is 0.939 bits per heavy atom. The molecule has 1 aromatic heterocycles. The summed E-state index contributed by atoms with van der Waals surface area (Å²) in [5, 5.41) is 12.3. The second kappa shape index (κ2) is 10.1. The first-order chi connectivity index (χ1) is 16.0. The maximum absolute atomic E-state index is 12.4. The SMILES string of the molecule is CC(OC(=O)Nc1sncc1-c1ccc(-c2ccc(CC(=O)O)cc2)cc1)c1ccccc1. The van der Waals surface area contributed by atoms with Crippen LogP contribution in [-0.2, 0) is 16.0 Å². The van der Waals surface area contributed by atoms with E-state index in [1.54, 1.807) is 6.20 Å². The summed E-state index contributed by atoms with van der Waals surface area (Å²) in [6, 6.07) is 24.9. The van der Waals surface area contributed by atoms with Gasteiger partial charge in [0.15, 0.2) is 0 Å². The van der Waals surface area contributed by atoms with Crippen LogP contribution in [0.2, 0.25) is 0 Å². The maximum atomic E-state index is 12.4. The van der Waals surface area contributed by atoms with Crippen LogP contribution in [-0.4, -0.2) is 21.5 Å². The molecule has 0 aliphatic heterocycles. The van der Waals surface area contributed by atoms with Crippen LogP contribution in [0.1, 0.15) is 24.2 Å². The monoisotopic (exact) mass is 458 g/mol. The molecule has 1 heterocycles. The highest BCUT2D eigenvalue weighted by Crippen LogP contribution is 2.33. The molecule has 1 amide bonds. The van der Waals surface area contributed by atoms with Gasteiger partial charge in [0.25, 0.3) is 0 Å². The molecule has 0 spiro atoms. The van der Waals surface area contributed by atoms with Crippen LogP contribution in [0, 0.1) is 0 Å². The van der Waals surface area contributed by atoms with Crippen molar-refractivity contribution in [2.75, 3.05) is 5.32 Å². The molecule has 0 aliphatic carbocycles. The van der Waals surface area contributed by atoms with Gasteiger partial charge in [0.2, 0.25) is 0 Å². The first kappa shape index (κ1) is 22.2. The Bertz CT molecular complexity index is 1240. The Morgan fingerprint density at radius 2 is 1.55 bits per heavy atom. The normalized spacial score (nSPS) is 11.5. The summed E-state index contributed by atoms with van der Waals surface area (Å²) < 4.78 is 9.73. The fourth-order valence-electron chi connectivity index (χ4n) is 3.44. The molecule has 4 rings (SSSR count). The third kappa shape index (κ3) is 5.64. The molecule has 0 saturated heterocycles. The van der Waals surface area contributed by atoms with E-state index >= 15 is 0 Å². The molecule has 6 nitrogen and oxygen atoms in total. The molecule has 0 aliphatic rings. The Balaban J connectivity index is 1.44. The van der Waals surface area contributed by atoms with Gasteiger partial charge in [-0.2, -0.15) is 4.37 Å². The molecular weight excluding hydrogens is 436 g/mol. The fourth-order valence-corrected chi connectivity index (χ4v) is 4.10. The van der Waals surface area contributed by atoms with Crippen LogP contribution < -0.4 is 5.32 Å². The van der Waals surface area contributed by atoms with Crippen LogP contribution in [0.25, 0.3) is 22.3 Å². The van der Waals surface area contributed by atoms with Gasteiger partial charge in [-0.25, -0.2) is 4.79 Å². The third-order valence-corrected chi connectivity index (χ3v) is 5.89. The zero-order chi connectivity index (χ0) is 23.2. The average Bonchev–Trinajstić information content (AvgIpc) is 3.28. The molecule has 2 N–H and O–H groups in total. The van der Waals surface area contributed by atoms with E-state index in [1.807, 2.05) is 85.8 Å². The van der Waals surface area contributed by atoms with Crippen LogP contribution in [0.4, 0.5) is 9.80 Å². The molecular formula is C26H22N2O4S. The number of carboxylic acids is 1. The number of carboxylic acid groups (broad SMARTS) is 1. The van der Waals surface area contributed by atoms with Crippen molar-refractivity contribution >= 4 is 28.6 Å². The molecule has 0 saturated carbocycles. The number of carbonyl (C=O) groups excluding carboxylic acids is 1. The van der Waals surface area contributed by atoms with Gasteiger partial charge in [0, 0.05) is 5.56 Å². The summed E-state index contributed by atoms with van der Waals surface area (Å²) in [4.78, 5) is 23.3. The molecule has 33 heavy (non-hydrogen) atoms. The van der Waals surface area contributed by atoms with Crippen LogP contribution in [0.3, 0.4) is 0 Å². The van der Waals surface area contributed by atoms with Crippen molar-refractivity contribution in [3.63, 3.8) is 0 Å². The summed E-state index contributed by atoms with van der Waals surface area (Å²) >= 11 is 1.19. The fraction of sp³-hybridized carbons (Fsp3) is 0.115. The number of nitrogens with zero attached hydrogens (tertiary/aromatic N) is 1. The minimum atomic E-state index is -0.848. The lowest BCUT2D eigenvalue weighted by Gasteiger charge is -2.14. The van der Waals surface area contributed by atoms with Gasteiger partial charge in [0.1, 0.15) is 11.1 Å². The van der Waals surface area contributed by atoms with Crippen molar-refractivity contribution in [3.8, 4) is 22.3 Å². The van der Waals surface area contributed by atoms with E-state index in [-0.39, 0.29) is 12.5 Å². The molecule has 0 radical (unpaired) electrons. The minimum absolute atomic E-state index is 0.00666. The summed E-state index contributed by atoms with van der Waals surface area (Å²) in [5.74, 6) is -0.848. The zero-order valence-corrected chi connectivity index (χ0v) is 18.7. The standard InChI is InChI=1S/C26H22N2O4S/c1-17(19-5-3-2-4-6-19)32-26(31)28-25-23(16-27-33-25)22-13-11-21(12-14-22)20-9-7-18(8-10-20)15-24(29)30/h2-14,16-17H,15H2,1H3,(H,28,31)(H,29,30). The molecule has 3 aromatic carbocycles. The molecule has 7 heteroatoms. The Kier molecular flexibility index (Phi) is 6.80. The van der Waals surface area contributed by atoms with Gasteiger partial charge in [-0.1, -0.05) is 78.9 Å². The predicted octanol–water partition coefficient (Wildman–Crippen LogP) is 6.41. The highest BCUT2D eigenvalue weighted by molar-refractivity contribution is 7.11. The number of aromatic nitrogens is 1. The van der Waals surface area contributed by atoms with Crippen molar-refractivity contribution in [2.45, 2.75) is 19.4 Å². The average molecular weight is 459 g/mol. The number of carbonyl (C=O) groups is 2. The Labute approximate surface area is 195 Å². The number of benzene rings is 3. The van der Waals surface area contributed by atoms with Gasteiger partial charge in [0.05, 0.1) is 12.6 Å². The number of hydrogen-bond donors (Lipinski definition) is 2. The lowest BCUT2D eigenvalue weighted by Crippen LogP contribution is -2.15. The van der Waals surface area contributed by atoms with Crippen molar-refractivity contribution in [1.29, 1.82) is 0 Å². The second-order valence-corrected chi connectivity index (χ2v) is 8.30.